The van der Waals surface area contributed by atoms with Gasteiger partial charge in [0.2, 0.25) is 11.8 Å². The molecule has 30 heavy (non-hydrogen) atoms. The maximum Gasteiger partial charge on any atom is 0.326 e. The van der Waals surface area contributed by atoms with Gasteiger partial charge in [-0.25, -0.2) is 4.79 Å². The number of carboxylic acid groups (broad SMARTS) is 1. The summed E-state index contributed by atoms with van der Waals surface area (Å²) >= 11 is 1.33. The van der Waals surface area contributed by atoms with Crippen molar-refractivity contribution in [3.8, 4) is 5.75 Å². The SMILES string of the molecule is Cc1ncc(CSCC(N)C(=O)NC(C)C(=O)N2CCCC2C(=O)O)c(CO)c1O. The van der Waals surface area contributed by atoms with Crippen LogP contribution in [-0.2, 0) is 26.7 Å². The molecule has 3 atom stereocenters. The number of amides is 2. The summed E-state index contributed by atoms with van der Waals surface area (Å²) in [6.07, 6.45) is 2.57. The van der Waals surface area contributed by atoms with E-state index in [4.69, 9.17) is 5.73 Å². The molecule has 0 saturated carbocycles. The third-order valence-corrected chi connectivity index (χ3v) is 6.14. The number of pyridine rings is 1. The molecule has 10 nitrogen and oxygen atoms in total. The minimum absolute atomic E-state index is 0.0495. The lowest BCUT2D eigenvalue weighted by Crippen LogP contribution is -2.53. The molecule has 1 fully saturated rings. The van der Waals surface area contributed by atoms with Crippen LogP contribution in [0.15, 0.2) is 6.20 Å². The van der Waals surface area contributed by atoms with Gasteiger partial charge in [0.25, 0.3) is 0 Å². The fraction of sp³-hybridized carbons (Fsp3) is 0.579. The van der Waals surface area contributed by atoms with Crippen LogP contribution in [0.3, 0.4) is 0 Å². The van der Waals surface area contributed by atoms with Crippen LogP contribution >= 0.6 is 11.8 Å². The second kappa shape index (κ2) is 10.6. The highest BCUT2D eigenvalue weighted by Crippen LogP contribution is 2.26. The summed E-state index contributed by atoms with van der Waals surface area (Å²) in [5.41, 5.74) is 7.38. The van der Waals surface area contributed by atoms with E-state index in [9.17, 15) is 29.7 Å². The zero-order valence-corrected chi connectivity index (χ0v) is 17.8. The molecule has 11 heteroatoms. The summed E-state index contributed by atoms with van der Waals surface area (Å²) in [7, 11) is 0. The number of rotatable bonds is 9. The molecule has 1 saturated heterocycles. The molecule has 0 radical (unpaired) electrons. The number of aliphatic carboxylic acids is 1. The number of aryl methyl sites for hydroxylation is 1. The number of nitrogens with one attached hydrogen (secondary N) is 1. The van der Waals surface area contributed by atoms with Gasteiger partial charge in [0.05, 0.1) is 18.3 Å². The van der Waals surface area contributed by atoms with Crippen molar-refractivity contribution in [3.63, 3.8) is 0 Å². The first-order chi connectivity index (χ1) is 14.2. The lowest BCUT2D eigenvalue weighted by atomic mass is 10.1. The van der Waals surface area contributed by atoms with E-state index in [0.29, 0.717) is 42.0 Å². The summed E-state index contributed by atoms with van der Waals surface area (Å²) in [6.45, 7) is 3.16. The predicted molar refractivity (Wildman–Crippen MR) is 111 cm³/mol. The highest BCUT2D eigenvalue weighted by atomic mass is 32.2. The fourth-order valence-corrected chi connectivity index (χ4v) is 4.27. The van der Waals surface area contributed by atoms with Gasteiger partial charge in [-0.2, -0.15) is 11.8 Å². The molecule has 0 bridgehead atoms. The van der Waals surface area contributed by atoms with Crippen molar-refractivity contribution in [2.75, 3.05) is 12.3 Å². The summed E-state index contributed by atoms with van der Waals surface area (Å²) in [4.78, 5) is 41.4. The summed E-state index contributed by atoms with van der Waals surface area (Å²) in [5.74, 6) is -1.42. The van der Waals surface area contributed by atoms with Crippen molar-refractivity contribution >= 4 is 29.5 Å². The first-order valence-electron chi connectivity index (χ1n) is 9.61. The first kappa shape index (κ1) is 23.9. The average Bonchev–Trinajstić information content (AvgIpc) is 3.20. The smallest absolute Gasteiger partial charge is 0.326 e. The van der Waals surface area contributed by atoms with Crippen molar-refractivity contribution in [2.45, 2.75) is 57.2 Å². The Morgan fingerprint density at radius 1 is 1.43 bits per heavy atom. The predicted octanol–water partition coefficient (Wildman–Crippen LogP) is -0.271. The zero-order chi connectivity index (χ0) is 22.4. The van der Waals surface area contributed by atoms with Crippen molar-refractivity contribution < 1.29 is 29.7 Å². The number of aliphatic hydroxyl groups excluding tert-OH is 1. The molecular formula is C19H28N4O6S. The van der Waals surface area contributed by atoms with Crippen LogP contribution in [-0.4, -0.2) is 73.4 Å². The number of hydrogen-bond donors (Lipinski definition) is 5. The van der Waals surface area contributed by atoms with E-state index in [1.165, 1.54) is 23.6 Å². The number of nitrogens with two attached hydrogens (primary N) is 1. The molecular weight excluding hydrogens is 412 g/mol. The number of likely N-dealkylation sites (tertiary alicyclic amines) is 1. The second-order valence-electron chi connectivity index (χ2n) is 7.23. The Morgan fingerprint density at radius 3 is 2.77 bits per heavy atom. The maximum atomic E-state index is 12.5. The van der Waals surface area contributed by atoms with Gasteiger partial charge in [0, 0.05) is 29.8 Å². The Labute approximate surface area is 178 Å². The van der Waals surface area contributed by atoms with Crippen molar-refractivity contribution in [3.05, 3.63) is 23.0 Å². The van der Waals surface area contributed by atoms with E-state index in [1.54, 1.807) is 13.1 Å². The lowest BCUT2D eigenvalue weighted by Gasteiger charge is -2.26. The van der Waals surface area contributed by atoms with E-state index < -0.39 is 35.9 Å². The number of aromatic nitrogens is 1. The third kappa shape index (κ3) is 5.61. The lowest BCUT2D eigenvalue weighted by molar-refractivity contribution is -0.149. The van der Waals surface area contributed by atoms with Gasteiger partial charge in [-0.15, -0.1) is 0 Å². The van der Waals surface area contributed by atoms with Crippen LogP contribution in [0, 0.1) is 6.92 Å². The number of aliphatic hydroxyl groups is 1. The van der Waals surface area contributed by atoms with Gasteiger partial charge in [0.15, 0.2) is 0 Å². The number of aromatic hydroxyl groups is 1. The quantitative estimate of drug-likeness (QED) is 0.347. The van der Waals surface area contributed by atoms with Crippen LogP contribution in [0.5, 0.6) is 5.75 Å². The zero-order valence-electron chi connectivity index (χ0n) is 17.0. The minimum atomic E-state index is -1.05. The monoisotopic (exact) mass is 440 g/mol. The molecule has 0 aromatic carbocycles. The fourth-order valence-electron chi connectivity index (χ4n) is 3.27. The van der Waals surface area contributed by atoms with Gasteiger partial charge in [-0.05, 0) is 32.3 Å². The number of thioether (sulfide) groups is 1. The van der Waals surface area contributed by atoms with E-state index in [-0.39, 0.29) is 18.1 Å². The molecule has 2 amide bonds. The molecule has 6 N–H and O–H groups in total. The van der Waals surface area contributed by atoms with Gasteiger partial charge < -0.3 is 31.3 Å². The molecule has 1 aromatic heterocycles. The summed E-state index contributed by atoms with van der Waals surface area (Å²) < 4.78 is 0. The van der Waals surface area contributed by atoms with Crippen LogP contribution in [0.1, 0.15) is 36.6 Å². The van der Waals surface area contributed by atoms with Gasteiger partial charge in [-0.3, -0.25) is 14.6 Å². The normalized spacial score (nSPS) is 18.1. The van der Waals surface area contributed by atoms with E-state index in [2.05, 4.69) is 10.3 Å². The minimum Gasteiger partial charge on any atom is -0.506 e. The Bertz CT molecular complexity index is 805. The van der Waals surface area contributed by atoms with Crippen molar-refractivity contribution in [1.29, 1.82) is 0 Å². The van der Waals surface area contributed by atoms with Gasteiger partial charge >= 0.3 is 5.97 Å². The molecule has 0 spiro atoms. The highest BCUT2D eigenvalue weighted by Gasteiger charge is 2.36. The molecule has 3 unspecified atom stereocenters. The Hall–Kier alpha value is -2.37. The Kier molecular flexibility index (Phi) is 8.44. The topological polar surface area (TPSA) is 166 Å². The number of nitrogens with zero attached hydrogens (tertiary/aromatic N) is 2. The van der Waals surface area contributed by atoms with Crippen molar-refractivity contribution in [2.24, 2.45) is 5.73 Å². The Balaban J connectivity index is 1.85. The third-order valence-electron chi connectivity index (χ3n) is 5.03. The molecule has 166 valence electrons. The molecule has 2 rings (SSSR count). The van der Waals surface area contributed by atoms with Crippen LogP contribution in [0.25, 0.3) is 0 Å². The molecule has 1 aromatic rings. The Morgan fingerprint density at radius 2 is 2.13 bits per heavy atom. The molecule has 2 heterocycles. The van der Waals surface area contributed by atoms with E-state index >= 15 is 0 Å². The molecule has 1 aliphatic heterocycles. The first-order valence-corrected chi connectivity index (χ1v) is 10.8. The number of carboxylic acids is 1. The largest absolute Gasteiger partial charge is 0.506 e. The number of carbonyl (C=O) groups excluding carboxylic acids is 2. The van der Waals surface area contributed by atoms with E-state index in [1.807, 2.05) is 0 Å². The summed E-state index contributed by atoms with van der Waals surface area (Å²) in [6, 6.07) is -2.63. The van der Waals surface area contributed by atoms with Crippen LogP contribution in [0.4, 0.5) is 0 Å². The molecule has 1 aliphatic rings. The maximum absolute atomic E-state index is 12.5. The number of hydrogen-bond acceptors (Lipinski definition) is 8. The highest BCUT2D eigenvalue weighted by molar-refractivity contribution is 7.98. The second-order valence-corrected chi connectivity index (χ2v) is 8.26. The van der Waals surface area contributed by atoms with Gasteiger partial charge in [0.1, 0.15) is 17.8 Å². The number of carbonyl (C=O) groups is 3. The van der Waals surface area contributed by atoms with Crippen molar-refractivity contribution in [1.82, 2.24) is 15.2 Å². The molecule has 0 aliphatic carbocycles. The summed E-state index contributed by atoms with van der Waals surface area (Å²) in [5, 5.41) is 31.2. The van der Waals surface area contributed by atoms with E-state index in [0.717, 1.165) is 0 Å². The van der Waals surface area contributed by atoms with Crippen LogP contribution < -0.4 is 11.1 Å². The average molecular weight is 441 g/mol. The standard InChI is InChI=1S/C19H28N4O6S/c1-10-16(25)13(7-24)12(6-21-10)8-30-9-14(20)17(26)22-11(2)18(27)23-5-3-4-15(23)19(28)29/h6,11,14-15,24-25H,3-5,7-9,20H2,1-2H3,(H,22,26)(H,28,29). The van der Waals surface area contributed by atoms with Crippen LogP contribution in [0.2, 0.25) is 0 Å². The van der Waals surface area contributed by atoms with Gasteiger partial charge in [-0.1, -0.05) is 0 Å².